The van der Waals surface area contributed by atoms with Crippen LogP contribution in [0.1, 0.15) is 0 Å². The van der Waals surface area contributed by atoms with E-state index in [4.69, 9.17) is 46.6 Å². The molecule has 0 amide bonds. The van der Waals surface area contributed by atoms with Crippen molar-refractivity contribution in [2.45, 2.75) is 30.0 Å². The molecule has 0 aliphatic heterocycles. The molecule has 0 rings (SSSR count). The molecule has 0 aliphatic carbocycles. The molecule has 0 radical (unpaired) electrons. The van der Waals surface area contributed by atoms with Crippen LogP contribution in [0.5, 0.6) is 0 Å². The predicted octanol–water partition coefficient (Wildman–Crippen LogP) is -7.90. The fourth-order valence-electron chi connectivity index (χ4n) is 0.812. The van der Waals surface area contributed by atoms with Gasteiger partial charge in [-0.25, -0.2) is 0 Å². The van der Waals surface area contributed by atoms with Gasteiger partial charge < -0.3 is 67.4 Å². The van der Waals surface area contributed by atoms with Crippen LogP contribution in [0, 0.1) is 0 Å². The van der Waals surface area contributed by atoms with E-state index in [-0.39, 0.29) is 28.3 Å². The van der Waals surface area contributed by atoms with Gasteiger partial charge in [-0.15, -0.1) is 0 Å². The minimum Gasteiger partial charge on any atom is -0.870 e. The number of aliphatic hydroxyl groups is 8. The molecule has 14 heteroatoms. The molecule has 0 aromatic rings. The minimum atomic E-state index is -2.31. The largest absolute Gasteiger partial charge is 3.00 e. The van der Waals surface area contributed by atoms with Crippen LogP contribution in [0.15, 0.2) is 0 Å². The quantitative estimate of drug-likeness (QED) is 0.178. The van der Waals surface area contributed by atoms with E-state index in [1.807, 2.05) is 0 Å². The summed E-state index contributed by atoms with van der Waals surface area (Å²) in [6.45, 7) is -2.07. The van der Waals surface area contributed by atoms with E-state index in [9.17, 15) is 9.90 Å². The SMILES string of the molecule is NC(CO)(CO)CO.O=C([O-])C(O)C(O)C(O)C(O)CO.[Al+3].[OH-].[OH-]. The van der Waals surface area contributed by atoms with Gasteiger partial charge in [-0.2, -0.15) is 0 Å². The average Bonchev–Trinajstić information content (AvgIpc) is 2.51. The van der Waals surface area contributed by atoms with Crippen LogP contribution < -0.4 is 10.8 Å². The maximum absolute atomic E-state index is 9.98. The number of hydrogen-bond donors (Lipinski definition) is 9. The van der Waals surface area contributed by atoms with Crippen molar-refractivity contribution < 1.29 is 61.7 Å². The molecule has 12 N–H and O–H groups in total. The number of carbonyl (C=O) groups excluding carboxylic acids is 1. The Morgan fingerprint density at radius 2 is 1.25 bits per heavy atom. The molecule has 4 atom stereocenters. The van der Waals surface area contributed by atoms with Crippen LogP contribution in [0.2, 0.25) is 0 Å². The number of hydrogen-bond acceptors (Lipinski definition) is 13. The molecular weight excluding hydrogens is 353 g/mol. The predicted molar refractivity (Wildman–Crippen MR) is 73.9 cm³/mol. The summed E-state index contributed by atoms with van der Waals surface area (Å²) in [5.41, 5.74) is 3.94. The number of carboxylic acid groups (broad SMARTS) is 1. The zero-order valence-corrected chi connectivity index (χ0v) is 13.7. The van der Waals surface area contributed by atoms with Crippen molar-refractivity contribution in [1.29, 1.82) is 0 Å². The van der Waals surface area contributed by atoms with Crippen molar-refractivity contribution in [3.05, 3.63) is 0 Å². The summed E-state index contributed by atoms with van der Waals surface area (Å²) in [4.78, 5) is 9.98. The van der Waals surface area contributed by atoms with Gasteiger partial charge in [0.1, 0.15) is 24.4 Å². The molecule has 144 valence electrons. The molecule has 0 spiro atoms. The first-order valence-corrected chi connectivity index (χ1v) is 5.75. The van der Waals surface area contributed by atoms with Gasteiger partial charge in [0.2, 0.25) is 0 Å². The summed E-state index contributed by atoms with van der Waals surface area (Å²) in [6.07, 6.45) is -8.08. The van der Waals surface area contributed by atoms with Gasteiger partial charge >= 0.3 is 17.4 Å². The maximum Gasteiger partial charge on any atom is 3.00 e. The summed E-state index contributed by atoms with van der Waals surface area (Å²) >= 11 is 0. The van der Waals surface area contributed by atoms with Crippen molar-refractivity contribution >= 4 is 23.3 Å². The van der Waals surface area contributed by atoms with E-state index in [0.717, 1.165) is 0 Å². The van der Waals surface area contributed by atoms with Crippen LogP contribution in [0.4, 0.5) is 0 Å². The van der Waals surface area contributed by atoms with E-state index < -0.39 is 62.4 Å². The van der Waals surface area contributed by atoms with Crippen LogP contribution in [-0.2, 0) is 4.79 Å². The number of rotatable bonds is 8. The Labute approximate surface area is 148 Å². The molecule has 24 heavy (non-hydrogen) atoms. The fourth-order valence-corrected chi connectivity index (χ4v) is 0.812. The Morgan fingerprint density at radius 1 is 0.917 bits per heavy atom. The van der Waals surface area contributed by atoms with Gasteiger partial charge in [0.05, 0.1) is 37.9 Å². The second-order valence-electron chi connectivity index (χ2n) is 4.33. The second-order valence-corrected chi connectivity index (χ2v) is 4.33. The molecule has 0 heterocycles. The third-order valence-corrected chi connectivity index (χ3v) is 2.44. The molecule has 0 bridgehead atoms. The first-order chi connectivity index (χ1) is 9.59. The van der Waals surface area contributed by atoms with Crippen molar-refractivity contribution in [3.63, 3.8) is 0 Å². The zero-order chi connectivity index (χ0) is 17.2. The Bertz CT molecular complexity index is 285. The number of aliphatic carboxylic acids is 1. The number of carboxylic acids is 1. The normalized spacial score (nSPS) is 15.0. The molecule has 4 unspecified atom stereocenters. The third-order valence-electron chi connectivity index (χ3n) is 2.44. The van der Waals surface area contributed by atoms with Gasteiger partial charge in [-0.1, -0.05) is 0 Å². The summed E-state index contributed by atoms with van der Waals surface area (Å²) in [6, 6.07) is 0. The average molecular weight is 377 g/mol. The van der Waals surface area contributed by atoms with Gasteiger partial charge in [0.25, 0.3) is 0 Å². The zero-order valence-electron chi connectivity index (χ0n) is 12.6. The number of nitrogens with two attached hydrogens (primary N) is 1. The van der Waals surface area contributed by atoms with Gasteiger partial charge in [0, 0.05) is 0 Å². The van der Waals surface area contributed by atoms with Gasteiger partial charge in [-0.05, 0) is 0 Å². The molecular formula is C10H24AlNO12. The molecule has 0 fully saturated rings. The number of aliphatic hydroxyl groups excluding tert-OH is 8. The molecule has 0 aliphatic rings. The van der Waals surface area contributed by atoms with Gasteiger partial charge in [-0.3, -0.25) is 0 Å². The summed E-state index contributed by atoms with van der Waals surface area (Å²) in [5.74, 6) is -1.98. The number of carbonyl (C=O) groups is 1. The molecule has 0 saturated heterocycles. The second kappa shape index (κ2) is 17.4. The summed E-state index contributed by atoms with van der Waals surface area (Å²) in [5, 5.41) is 78.5. The molecule has 0 saturated carbocycles. The maximum atomic E-state index is 9.98. The molecule has 0 aromatic carbocycles. The monoisotopic (exact) mass is 377 g/mol. The van der Waals surface area contributed by atoms with E-state index in [1.165, 1.54) is 0 Å². The first kappa shape index (κ1) is 34.8. The topological polar surface area (TPSA) is 288 Å². The molecule has 0 aromatic heterocycles. The minimum absolute atomic E-state index is 0. The molecule has 13 nitrogen and oxygen atoms in total. The Morgan fingerprint density at radius 3 is 1.42 bits per heavy atom. The van der Waals surface area contributed by atoms with Crippen LogP contribution in [0.3, 0.4) is 0 Å². The van der Waals surface area contributed by atoms with Crippen molar-refractivity contribution in [2.75, 3.05) is 26.4 Å². The van der Waals surface area contributed by atoms with Crippen LogP contribution in [0.25, 0.3) is 0 Å². The van der Waals surface area contributed by atoms with E-state index in [2.05, 4.69) is 0 Å². The first-order valence-electron chi connectivity index (χ1n) is 5.75. The van der Waals surface area contributed by atoms with Crippen molar-refractivity contribution in [1.82, 2.24) is 0 Å². The van der Waals surface area contributed by atoms with Gasteiger partial charge in [0.15, 0.2) is 0 Å². The van der Waals surface area contributed by atoms with Crippen molar-refractivity contribution in [3.8, 4) is 0 Å². The summed E-state index contributed by atoms with van der Waals surface area (Å²) < 4.78 is 0. The van der Waals surface area contributed by atoms with Crippen LogP contribution in [-0.4, -0.2) is 132 Å². The fraction of sp³-hybridized carbons (Fsp3) is 0.900. The van der Waals surface area contributed by atoms with Crippen LogP contribution >= 0.6 is 0 Å². The summed E-state index contributed by atoms with van der Waals surface area (Å²) in [7, 11) is 0. The van der Waals surface area contributed by atoms with Crippen molar-refractivity contribution in [2.24, 2.45) is 5.73 Å². The Kier molecular flexibility index (Phi) is 25.2. The van der Waals surface area contributed by atoms with E-state index >= 15 is 0 Å². The Hall–Kier alpha value is -0.438. The Balaban J connectivity index is -0.0000000968. The van der Waals surface area contributed by atoms with E-state index in [0.29, 0.717) is 0 Å². The standard InChI is InChI=1S/C6H12O7.C4H11NO3.Al.2H2O/c7-1-2(8)3(9)4(10)5(11)6(12)13;5-4(1-6,2-7)3-8;;;/h2-5,7-11H,1H2,(H,12,13);6-8H,1-3,5H2;;2*1H2/q;;+3;;/p-3. The smallest absolute Gasteiger partial charge is 0.870 e. The van der Waals surface area contributed by atoms with E-state index in [1.54, 1.807) is 0 Å². The third kappa shape index (κ3) is 12.9.